The first-order valence-electron chi connectivity index (χ1n) is 3.88. The molecule has 7 nitrogen and oxygen atoms in total. The van der Waals surface area contributed by atoms with E-state index in [1.165, 1.54) is 0 Å². The van der Waals surface area contributed by atoms with Crippen LogP contribution in [0.2, 0.25) is 0 Å². The normalized spacial score (nSPS) is 12.4. The fourth-order valence-corrected chi connectivity index (χ4v) is 3.15. The van der Waals surface area contributed by atoms with Gasteiger partial charge in [-0.1, -0.05) is 0 Å². The number of sulfonamides is 1. The summed E-state index contributed by atoms with van der Waals surface area (Å²) in [5.74, 6) is -1.79. The third-order valence-corrected chi connectivity index (χ3v) is 3.92. The minimum Gasteiger partial charge on any atom is -0.468 e. The zero-order valence-corrected chi connectivity index (χ0v) is 10.0. The van der Waals surface area contributed by atoms with Crippen molar-refractivity contribution in [3.8, 4) is 0 Å². The molecule has 0 aliphatic rings. The van der Waals surface area contributed by atoms with Crippen LogP contribution in [-0.2, 0) is 29.4 Å². The lowest BCUT2D eigenvalue weighted by molar-refractivity contribution is -0.139. The number of hydrogen-bond acceptors (Lipinski definition) is 6. The van der Waals surface area contributed by atoms with E-state index in [2.05, 4.69) is 4.74 Å². The Kier molecular flexibility index (Phi) is 5.18. The zero-order valence-electron chi connectivity index (χ0n) is 8.39. The fourth-order valence-electron chi connectivity index (χ4n) is 0.574. The summed E-state index contributed by atoms with van der Waals surface area (Å²) in [5.41, 5.74) is 0. The molecule has 0 atom stereocenters. The highest BCUT2D eigenvalue weighted by atomic mass is 32.2. The van der Waals surface area contributed by atoms with Gasteiger partial charge in [0, 0.05) is 6.26 Å². The van der Waals surface area contributed by atoms with Gasteiger partial charge in [-0.15, -0.1) is 0 Å². The van der Waals surface area contributed by atoms with Crippen molar-refractivity contribution in [2.75, 3.05) is 31.4 Å². The molecule has 1 N–H and O–H groups in total. The van der Waals surface area contributed by atoms with Crippen molar-refractivity contribution in [2.24, 2.45) is 0 Å². The highest BCUT2D eigenvalue weighted by Crippen LogP contribution is 1.89. The Labute approximate surface area is 88.8 Å². The van der Waals surface area contributed by atoms with E-state index >= 15 is 0 Å². The molecule has 0 saturated heterocycles. The average Bonchev–Trinajstić information content (AvgIpc) is 2.10. The highest BCUT2D eigenvalue weighted by molar-refractivity contribution is 7.93. The van der Waals surface area contributed by atoms with Crippen molar-refractivity contribution in [1.82, 2.24) is 4.72 Å². The van der Waals surface area contributed by atoms with Crippen molar-refractivity contribution in [3.05, 3.63) is 0 Å². The van der Waals surface area contributed by atoms with E-state index in [0.717, 1.165) is 13.4 Å². The van der Waals surface area contributed by atoms with Gasteiger partial charge in [0.05, 0.1) is 18.6 Å². The molecule has 0 fully saturated rings. The SMILES string of the molecule is COC(=O)CNS(=O)(=O)CCS(C)(=O)=O. The molecular formula is C6H13NO6S2. The monoisotopic (exact) mass is 259 g/mol. The summed E-state index contributed by atoms with van der Waals surface area (Å²) in [6, 6.07) is 0. The molecule has 0 rings (SSSR count). The lowest BCUT2D eigenvalue weighted by atomic mass is 10.7. The molecule has 0 bridgehead atoms. The molecule has 0 saturated carbocycles. The molecule has 0 radical (unpaired) electrons. The van der Waals surface area contributed by atoms with Gasteiger partial charge in [-0.05, 0) is 0 Å². The Hall–Kier alpha value is -0.670. The first kappa shape index (κ1) is 14.3. The Bertz CT molecular complexity index is 409. The van der Waals surface area contributed by atoms with E-state index < -0.39 is 43.9 Å². The number of hydrogen-bond donors (Lipinski definition) is 1. The van der Waals surface area contributed by atoms with Gasteiger partial charge >= 0.3 is 5.97 Å². The number of ether oxygens (including phenoxy) is 1. The first-order chi connectivity index (χ1) is 6.66. The maximum absolute atomic E-state index is 11.1. The van der Waals surface area contributed by atoms with Crippen molar-refractivity contribution in [2.45, 2.75) is 0 Å². The van der Waals surface area contributed by atoms with Crippen molar-refractivity contribution in [1.29, 1.82) is 0 Å². The molecule has 0 amide bonds. The van der Waals surface area contributed by atoms with Crippen LogP contribution in [0.5, 0.6) is 0 Å². The van der Waals surface area contributed by atoms with Gasteiger partial charge in [0.1, 0.15) is 16.4 Å². The summed E-state index contributed by atoms with van der Waals surface area (Å²) in [4.78, 5) is 10.6. The number of carbonyl (C=O) groups is 1. The smallest absolute Gasteiger partial charge is 0.320 e. The number of nitrogens with one attached hydrogen (secondary N) is 1. The molecule has 0 aromatic heterocycles. The second kappa shape index (κ2) is 5.42. The number of methoxy groups -OCH3 is 1. The first-order valence-corrected chi connectivity index (χ1v) is 7.59. The van der Waals surface area contributed by atoms with Gasteiger partial charge in [0.25, 0.3) is 0 Å². The minimum atomic E-state index is -3.75. The van der Waals surface area contributed by atoms with E-state index in [-0.39, 0.29) is 0 Å². The average molecular weight is 259 g/mol. The highest BCUT2D eigenvalue weighted by Gasteiger charge is 2.15. The Balaban J connectivity index is 4.16. The summed E-state index contributed by atoms with van der Waals surface area (Å²) < 4.78 is 49.7. The summed E-state index contributed by atoms with van der Waals surface area (Å²) >= 11 is 0. The number of carbonyl (C=O) groups excluding carboxylic acids is 1. The summed E-state index contributed by atoms with van der Waals surface area (Å²) in [6.07, 6.45) is 0.933. The Morgan fingerprint density at radius 2 is 1.73 bits per heavy atom. The van der Waals surface area contributed by atoms with Crippen molar-refractivity contribution in [3.63, 3.8) is 0 Å². The lowest BCUT2D eigenvalue weighted by Gasteiger charge is -2.04. The second-order valence-corrected chi connectivity index (χ2v) is 7.03. The summed E-state index contributed by atoms with van der Waals surface area (Å²) in [7, 11) is -5.97. The molecule has 0 aromatic carbocycles. The lowest BCUT2D eigenvalue weighted by Crippen LogP contribution is -2.34. The van der Waals surface area contributed by atoms with Crippen molar-refractivity contribution < 1.29 is 26.4 Å². The second-order valence-electron chi connectivity index (χ2n) is 2.85. The van der Waals surface area contributed by atoms with E-state index in [1.54, 1.807) is 0 Å². The van der Waals surface area contributed by atoms with E-state index in [9.17, 15) is 21.6 Å². The number of sulfone groups is 1. The largest absolute Gasteiger partial charge is 0.468 e. The molecule has 0 spiro atoms. The molecule has 0 aliphatic heterocycles. The Morgan fingerprint density at radius 1 is 1.20 bits per heavy atom. The zero-order chi connectivity index (χ0) is 12.1. The van der Waals surface area contributed by atoms with Crippen LogP contribution in [0.4, 0.5) is 0 Å². The standard InChI is InChI=1S/C6H13NO6S2/c1-13-6(8)5-7-15(11,12)4-3-14(2,9)10/h7H,3-5H2,1-2H3. The quantitative estimate of drug-likeness (QED) is 0.560. The fraction of sp³-hybridized carbons (Fsp3) is 0.833. The van der Waals surface area contributed by atoms with E-state index in [4.69, 9.17) is 0 Å². The predicted molar refractivity (Wildman–Crippen MR) is 53.5 cm³/mol. The molecule has 90 valence electrons. The summed E-state index contributed by atoms with van der Waals surface area (Å²) in [5, 5.41) is 0. The van der Waals surface area contributed by atoms with Gasteiger partial charge in [0.2, 0.25) is 10.0 Å². The van der Waals surface area contributed by atoms with E-state index in [1.807, 2.05) is 4.72 Å². The third kappa shape index (κ3) is 8.33. The molecule has 0 aliphatic carbocycles. The van der Waals surface area contributed by atoms with Crippen LogP contribution >= 0.6 is 0 Å². The molecule has 0 aromatic rings. The van der Waals surface area contributed by atoms with Gasteiger partial charge < -0.3 is 4.74 Å². The predicted octanol–water partition coefficient (Wildman–Crippen LogP) is -1.88. The number of rotatable bonds is 6. The van der Waals surface area contributed by atoms with Crippen LogP contribution < -0.4 is 4.72 Å². The molecule has 9 heteroatoms. The molecule has 0 heterocycles. The Morgan fingerprint density at radius 3 is 2.13 bits per heavy atom. The minimum absolute atomic E-state index is 0.483. The van der Waals surface area contributed by atoms with Gasteiger partial charge in [-0.25, -0.2) is 21.6 Å². The summed E-state index contributed by atoms with van der Waals surface area (Å²) in [6.45, 7) is -0.497. The van der Waals surface area contributed by atoms with Crippen LogP contribution in [0.3, 0.4) is 0 Å². The van der Waals surface area contributed by atoms with Crippen LogP contribution in [-0.4, -0.2) is 54.2 Å². The van der Waals surface area contributed by atoms with Gasteiger partial charge in [-0.3, -0.25) is 4.79 Å². The van der Waals surface area contributed by atoms with Crippen LogP contribution in [0.25, 0.3) is 0 Å². The molecule has 0 unspecified atom stereocenters. The van der Waals surface area contributed by atoms with Crippen LogP contribution in [0.15, 0.2) is 0 Å². The van der Waals surface area contributed by atoms with E-state index in [0.29, 0.717) is 0 Å². The maximum Gasteiger partial charge on any atom is 0.320 e. The van der Waals surface area contributed by atoms with Crippen molar-refractivity contribution >= 4 is 25.8 Å². The van der Waals surface area contributed by atoms with Crippen LogP contribution in [0, 0.1) is 0 Å². The third-order valence-electron chi connectivity index (χ3n) is 1.39. The maximum atomic E-state index is 11.1. The molecular weight excluding hydrogens is 246 g/mol. The molecule has 15 heavy (non-hydrogen) atoms. The van der Waals surface area contributed by atoms with Gasteiger partial charge in [0.15, 0.2) is 0 Å². The number of esters is 1. The van der Waals surface area contributed by atoms with Gasteiger partial charge in [-0.2, -0.15) is 0 Å². The van der Waals surface area contributed by atoms with Crippen LogP contribution in [0.1, 0.15) is 0 Å². The topological polar surface area (TPSA) is 107 Å².